The molecule has 1 N–H and O–H groups in total. The predicted octanol–water partition coefficient (Wildman–Crippen LogP) is 6.34. The van der Waals surface area contributed by atoms with Crippen LogP contribution in [0.1, 0.15) is 28.8 Å². The van der Waals surface area contributed by atoms with Gasteiger partial charge in [0.05, 0.1) is 28.6 Å². The van der Waals surface area contributed by atoms with E-state index >= 15 is 0 Å². The van der Waals surface area contributed by atoms with Gasteiger partial charge in [0, 0.05) is 6.42 Å². The van der Waals surface area contributed by atoms with Gasteiger partial charge in [-0.3, -0.25) is 4.99 Å². The van der Waals surface area contributed by atoms with Gasteiger partial charge in [-0.25, -0.2) is 4.79 Å². The first-order chi connectivity index (χ1) is 14.2. The number of nitrogens with zero attached hydrogens (tertiary/aromatic N) is 1. The number of carbonyl (C=O) groups excluding carboxylic acids is 1. The van der Waals surface area contributed by atoms with E-state index in [1.165, 1.54) is 24.3 Å². The van der Waals surface area contributed by atoms with E-state index < -0.39 is 24.3 Å². The Morgan fingerprint density at radius 1 is 1.13 bits per heavy atom. The molecule has 0 aliphatic rings. The molecule has 0 heterocycles. The quantitative estimate of drug-likeness (QED) is 0.272. The van der Waals surface area contributed by atoms with Crippen LogP contribution in [0, 0.1) is 5.41 Å². The molecule has 0 atom stereocenters. The van der Waals surface area contributed by atoms with Gasteiger partial charge < -0.3 is 10.1 Å². The minimum Gasteiger partial charge on any atom is -0.462 e. The zero-order valence-electron chi connectivity index (χ0n) is 16.1. The molecule has 2 aromatic rings. The van der Waals surface area contributed by atoms with E-state index in [9.17, 15) is 18.0 Å². The van der Waals surface area contributed by atoms with Crippen LogP contribution in [-0.4, -0.2) is 42.2 Å². The van der Waals surface area contributed by atoms with Gasteiger partial charge in [-0.1, -0.05) is 35.9 Å². The molecule has 0 saturated heterocycles. The molecule has 0 radical (unpaired) electrons. The van der Waals surface area contributed by atoms with Gasteiger partial charge >= 0.3 is 12.1 Å². The van der Waals surface area contributed by atoms with Crippen LogP contribution < -0.4 is 0 Å². The minimum absolute atomic E-state index is 0.0188. The van der Waals surface area contributed by atoms with E-state index in [2.05, 4.69) is 4.99 Å². The third kappa shape index (κ3) is 7.18. The zero-order valence-corrected chi connectivity index (χ0v) is 17.7. The zero-order chi connectivity index (χ0) is 22.1. The molecule has 2 rings (SSSR count). The number of alkyl halides is 3. The Hall–Kier alpha value is -2.32. The Morgan fingerprint density at radius 3 is 2.37 bits per heavy atom. The second-order valence-electron chi connectivity index (χ2n) is 6.22. The van der Waals surface area contributed by atoms with Crippen molar-refractivity contribution in [3.8, 4) is 0 Å². The average molecular weight is 457 g/mol. The van der Waals surface area contributed by atoms with Gasteiger partial charge in [-0.2, -0.15) is 24.9 Å². The summed E-state index contributed by atoms with van der Waals surface area (Å²) in [5, 5.41) is 7.62. The molecular weight excluding hydrogens is 437 g/mol. The molecule has 9 heteroatoms. The molecule has 0 unspecified atom stereocenters. The molecule has 2 aromatic carbocycles. The topological polar surface area (TPSA) is 62.5 Å². The van der Waals surface area contributed by atoms with Crippen molar-refractivity contribution in [1.29, 1.82) is 5.41 Å². The number of ether oxygens (including phenoxy) is 1. The van der Waals surface area contributed by atoms with E-state index in [0.717, 1.165) is 12.2 Å². The second-order valence-corrected chi connectivity index (χ2v) is 7.62. The van der Waals surface area contributed by atoms with Crippen LogP contribution in [0.3, 0.4) is 0 Å². The fraction of sp³-hybridized carbons (Fsp3) is 0.286. The molecule has 0 bridgehead atoms. The maximum Gasteiger partial charge on any atom is 0.429 e. The summed E-state index contributed by atoms with van der Waals surface area (Å²) in [6, 6.07) is 12.4. The van der Waals surface area contributed by atoms with Crippen LogP contribution >= 0.6 is 23.4 Å². The van der Waals surface area contributed by atoms with Crippen molar-refractivity contribution in [3.63, 3.8) is 0 Å². The van der Waals surface area contributed by atoms with Crippen molar-refractivity contribution in [2.24, 2.45) is 4.99 Å². The summed E-state index contributed by atoms with van der Waals surface area (Å²) in [7, 11) is 0. The Labute approximate surface area is 182 Å². The first-order valence-electron chi connectivity index (χ1n) is 8.95. The van der Waals surface area contributed by atoms with Crippen molar-refractivity contribution in [3.05, 3.63) is 64.7 Å². The highest BCUT2D eigenvalue weighted by atomic mass is 35.5. The monoisotopic (exact) mass is 456 g/mol. The number of benzene rings is 2. The van der Waals surface area contributed by atoms with Gasteiger partial charge in [-0.15, -0.1) is 0 Å². The first kappa shape index (κ1) is 24.0. The fourth-order valence-corrected chi connectivity index (χ4v) is 3.00. The number of thioether (sulfide) groups is 1. The SMILES string of the molecule is CSCCCOC(=O)c1ccc(C(CC(=N)C(F)(F)F)=Nc2ccccc2Cl)cc1. The second kappa shape index (κ2) is 11.2. The van der Waals surface area contributed by atoms with Crippen LogP contribution in [0.5, 0.6) is 0 Å². The largest absolute Gasteiger partial charge is 0.462 e. The minimum atomic E-state index is -4.76. The van der Waals surface area contributed by atoms with E-state index in [0.29, 0.717) is 17.9 Å². The normalized spacial score (nSPS) is 12.0. The summed E-state index contributed by atoms with van der Waals surface area (Å²) < 4.78 is 43.9. The molecule has 0 aliphatic heterocycles. The Balaban J connectivity index is 2.27. The number of esters is 1. The lowest BCUT2D eigenvalue weighted by Gasteiger charge is -2.12. The number of nitrogens with one attached hydrogen (secondary N) is 1. The van der Waals surface area contributed by atoms with Crippen LogP contribution in [-0.2, 0) is 4.74 Å². The van der Waals surface area contributed by atoms with Crippen LogP contribution in [0.4, 0.5) is 18.9 Å². The van der Waals surface area contributed by atoms with Gasteiger partial charge in [0.1, 0.15) is 5.71 Å². The number of carbonyl (C=O) groups is 1. The highest BCUT2D eigenvalue weighted by molar-refractivity contribution is 7.98. The number of aliphatic imine (C=N–C) groups is 1. The van der Waals surface area contributed by atoms with E-state index in [1.54, 1.807) is 36.0 Å². The summed E-state index contributed by atoms with van der Waals surface area (Å²) in [5.41, 5.74) is -0.480. The van der Waals surface area contributed by atoms with Crippen LogP contribution in [0.15, 0.2) is 53.5 Å². The number of rotatable bonds is 9. The maximum atomic E-state index is 12.9. The first-order valence-corrected chi connectivity index (χ1v) is 10.7. The predicted molar refractivity (Wildman–Crippen MR) is 116 cm³/mol. The fourth-order valence-electron chi connectivity index (χ4n) is 2.41. The molecule has 4 nitrogen and oxygen atoms in total. The standard InChI is InChI=1S/C21H20ClF3N2O2S/c1-30-12-4-11-29-20(28)15-9-7-14(8-10-15)18(13-19(26)21(23,24)25)27-17-6-3-2-5-16(17)22/h2-3,5-10,26H,4,11-13H2,1H3. The lowest BCUT2D eigenvalue weighted by molar-refractivity contribution is -0.0605. The summed E-state index contributed by atoms with van der Waals surface area (Å²) in [4.78, 5) is 16.3. The molecule has 160 valence electrons. The van der Waals surface area contributed by atoms with Gasteiger partial charge in [-0.05, 0) is 48.3 Å². The van der Waals surface area contributed by atoms with Crippen LogP contribution in [0.2, 0.25) is 5.02 Å². The molecule has 0 amide bonds. The van der Waals surface area contributed by atoms with Crippen molar-refractivity contribution in [2.45, 2.75) is 19.0 Å². The van der Waals surface area contributed by atoms with Crippen LogP contribution in [0.25, 0.3) is 0 Å². The molecule has 30 heavy (non-hydrogen) atoms. The highest BCUT2D eigenvalue weighted by Gasteiger charge is 2.35. The maximum absolute atomic E-state index is 12.9. The Bertz CT molecular complexity index is 915. The Morgan fingerprint density at radius 2 is 1.77 bits per heavy atom. The van der Waals surface area contributed by atoms with Gasteiger partial charge in [0.15, 0.2) is 0 Å². The van der Waals surface area contributed by atoms with Gasteiger partial charge in [0.2, 0.25) is 0 Å². The smallest absolute Gasteiger partial charge is 0.429 e. The van der Waals surface area contributed by atoms with Crippen molar-refractivity contribution >= 4 is 46.4 Å². The lowest BCUT2D eigenvalue weighted by atomic mass is 10.0. The van der Waals surface area contributed by atoms with E-state index in [-0.39, 0.29) is 16.3 Å². The molecule has 0 aromatic heterocycles. The summed E-state index contributed by atoms with van der Waals surface area (Å²) >= 11 is 7.73. The third-order valence-electron chi connectivity index (χ3n) is 3.97. The molecule has 0 saturated carbocycles. The number of hydrogen-bond donors (Lipinski definition) is 1. The van der Waals surface area contributed by atoms with Crippen molar-refractivity contribution in [2.75, 3.05) is 18.6 Å². The molecule has 0 spiro atoms. The Kier molecular flexibility index (Phi) is 8.92. The lowest BCUT2D eigenvalue weighted by Crippen LogP contribution is -2.25. The number of halogens is 4. The van der Waals surface area contributed by atoms with Crippen molar-refractivity contribution in [1.82, 2.24) is 0 Å². The summed E-state index contributed by atoms with van der Waals surface area (Å²) in [6.07, 6.45) is -2.80. The molecule has 0 aliphatic carbocycles. The molecule has 0 fully saturated rings. The van der Waals surface area contributed by atoms with Gasteiger partial charge in [0.25, 0.3) is 0 Å². The third-order valence-corrected chi connectivity index (χ3v) is 4.99. The number of hydrogen-bond acceptors (Lipinski definition) is 5. The average Bonchev–Trinajstić information content (AvgIpc) is 2.71. The molecular formula is C21H20ClF3N2O2S. The summed E-state index contributed by atoms with van der Waals surface area (Å²) in [6.45, 7) is 0.295. The van der Waals surface area contributed by atoms with Crippen molar-refractivity contribution < 1.29 is 22.7 Å². The highest BCUT2D eigenvalue weighted by Crippen LogP contribution is 2.27. The van der Waals surface area contributed by atoms with E-state index in [4.69, 9.17) is 21.7 Å². The number of para-hydroxylation sites is 1. The summed E-state index contributed by atoms with van der Waals surface area (Å²) in [5.74, 6) is 0.370. The van der Waals surface area contributed by atoms with E-state index in [1.807, 2.05) is 6.26 Å².